The molecule has 2 aliphatic heterocycles. The van der Waals surface area contributed by atoms with Gasteiger partial charge < -0.3 is 9.80 Å². The Hall–Kier alpha value is -3.09. The maximum absolute atomic E-state index is 5.11. The third-order valence-corrected chi connectivity index (χ3v) is 5.83. The minimum atomic E-state index is 0.320. The molecule has 1 atom stereocenters. The maximum atomic E-state index is 5.11. The first-order valence-electron chi connectivity index (χ1n) is 10.4. The van der Waals surface area contributed by atoms with Crippen LogP contribution in [0.5, 0.6) is 0 Å². The molecule has 0 unspecified atom stereocenters. The summed E-state index contributed by atoms with van der Waals surface area (Å²) in [5.41, 5.74) is 3.36. The van der Waals surface area contributed by atoms with Crippen LogP contribution in [0.4, 0.5) is 11.9 Å². The van der Waals surface area contributed by atoms with Gasteiger partial charge in [-0.25, -0.2) is 19.9 Å². The number of piperidine rings is 1. The van der Waals surface area contributed by atoms with Gasteiger partial charge in [-0.2, -0.15) is 0 Å². The Morgan fingerprint density at radius 1 is 0.793 bits per heavy atom. The van der Waals surface area contributed by atoms with E-state index in [1.165, 1.54) is 12.8 Å². The topological polar surface area (TPSA) is 70.9 Å². The molecule has 5 rings (SSSR count). The molecule has 3 aromatic heterocycles. The highest BCUT2D eigenvalue weighted by Gasteiger charge is 2.28. The molecule has 0 amide bonds. The van der Waals surface area contributed by atoms with E-state index in [0.717, 1.165) is 67.7 Å². The maximum Gasteiger partial charge on any atom is 0.225 e. The molecular weight excluding hydrogens is 362 g/mol. The summed E-state index contributed by atoms with van der Waals surface area (Å²) in [7, 11) is 0. The van der Waals surface area contributed by atoms with Gasteiger partial charge in [0.25, 0.3) is 0 Å². The van der Waals surface area contributed by atoms with E-state index >= 15 is 0 Å². The van der Waals surface area contributed by atoms with E-state index in [2.05, 4.69) is 24.8 Å². The lowest BCUT2D eigenvalue weighted by Gasteiger charge is -2.33. The first kappa shape index (κ1) is 18.0. The summed E-state index contributed by atoms with van der Waals surface area (Å²) in [6, 6.07) is 5.94. The van der Waals surface area contributed by atoms with Gasteiger partial charge in [0.2, 0.25) is 11.9 Å². The number of nitrogens with zero attached hydrogens (tertiary/aromatic N) is 7. The van der Waals surface area contributed by atoms with E-state index < -0.39 is 0 Å². The lowest BCUT2D eigenvalue weighted by atomic mass is 9.90. The molecule has 148 valence electrons. The summed E-state index contributed by atoms with van der Waals surface area (Å²) in [4.78, 5) is 27.5. The highest BCUT2D eigenvalue weighted by atomic mass is 15.3. The van der Waals surface area contributed by atoms with Crippen LogP contribution in [0.25, 0.3) is 11.1 Å². The van der Waals surface area contributed by atoms with Crippen LogP contribution < -0.4 is 9.80 Å². The fourth-order valence-corrected chi connectivity index (χ4v) is 4.36. The Kier molecular flexibility index (Phi) is 5.02. The number of hydrogen-bond donors (Lipinski definition) is 0. The van der Waals surface area contributed by atoms with E-state index in [0.29, 0.717) is 5.92 Å². The van der Waals surface area contributed by atoms with E-state index in [1.807, 2.05) is 49.2 Å². The summed E-state index contributed by atoms with van der Waals surface area (Å²) in [5.74, 6) is 1.99. The van der Waals surface area contributed by atoms with E-state index in [1.54, 1.807) is 0 Å². The largest absolute Gasteiger partial charge is 0.341 e. The Labute approximate surface area is 170 Å². The van der Waals surface area contributed by atoms with Crippen molar-refractivity contribution in [3.8, 4) is 11.1 Å². The number of anilines is 2. The fourth-order valence-electron chi connectivity index (χ4n) is 4.36. The van der Waals surface area contributed by atoms with Gasteiger partial charge in [0.05, 0.1) is 5.69 Å². The molecule has 5 heterocycles. The second kappa shape index (κ2) is 8.11. The van der Waals surface area contributed by atoms with Crippen LogP contribution in [0.2, 0.25) is 0 Å². The molecule has 0 spiro atoms. The van der Waals surface area contributed by atoms with Crippen LogP contribution in [-0.4, -0.2) is 51.1 Å². The van der Waals surface area contributed by atoms with Gasteiger partial charge >= 0.3 is 0 Å². The van der Waals surface area contributed by atoms with E-state index in [4.69, 9.17) is 9.97 Å². The molecule has 29 heavy (non-hydrogen) atoms. The zero-order chi connectivity index (χ0) is 19.5. The quantitative estimate of drug-likeness (QED) is 0.680. The first-order chi connectivity index (χ1) is 14.4. The van der Waals surface area contributed by atoms with Gasteiger partial charge in [-0.1, -0.05) is 0 Å². The van der Waals surface area contributed by atoms with Crippen LogP contribution in [0.15, 0.2) is 49.2 Å². The summed E-state index contributed by atoms with van der Waals surface area (Å²) < 4.78 is 0. The molecule has 2 saturated heterocycles. The number of aromatic nitrogens is 5. The summed E-state index contributed by atoms with van der Waals surface area (Å²) in [5, 5.41) is 0. The molecule has 0 aromatic carbocycles. The van der Waals surface area contributed by atoms with Crippen molar-refractivity contribution in [1.82, 2.24) is 24.9 Å². The summed E-state index contributed by atoms with van der Waals surface area (Å²) in [6.07, 6.45) is 13.9. The van der Waals surface area contributed by atoms with E-state index in [9.17, 15) is 0 Å². The molecule has 0 saturated carbocycles. The number of hydrogen-bond acceptors (Lipinski definition) is 7. The van der Waals surface area contributed by atoms with Gasteiger partial charge in [0, 0.05) is 68.6 Å². The summed E-state index contributed by atoms with van der Waals surface area (Å²) >= 11 is 0. The molecule has 0 aliphatic carbocycles. The van der Waals surface area contributed by atoms with E-state index in [-0.39, 0.29) is 0 Å². The van der Waals surface area contributed by atoms with Crippen molar-refractivity contribution < 1.29 is 0 Å². The van der Waals surface area contributed by atoms with Crippen molar-refractivity contribution in [2.24, 2.45) is 0 Å². The number of pyridine rings is 1. The van der Waals surface area contributed by atoms with Gasteiger partial charge in [0.15, 0.2) is 0 Å². The lowest BCUT2D eigenvalue weighted by molar-refractivity contribution is 0.495. The second-order valence-electron chi connectivity index (χ2n) is 7.73. The first-order valence-corrected chi connectivity index (χ1v) is 10.4. The van der Waals surface area contributed by atoms with Crippen molar-refractivity contribution in [3.63, 3.8) is 0 Å². The molecular formula is C22H25N7. The Bertz CT molecular complexity index is 942. The fraction of sp³-hybridized carbons (Fsp3) is 0.409. The lowest BCUT2D eigenvalue weighted by Crippen LogP contribution is -2.36. The van der Waals surface area contributed by atoms with Crippen molar-refractivity contribution in [3.05, 3.63) is 54.9 Å². The van der Waals surface area contributed by atoms with Gasteiger partial charge in [-0.05, 0) is 49.4 Å². The van der Waals surface area contributed by atoms with Crippen LogP contribution in [0.3, 0.4) is 0 Å². The van der Waals surface area contributed by atoms with Crippen LogP contribution in [0, 0.1) is 0 Å². The summed E-state index contributed by atoms with van der Waals surface area (Å²) in [6.45, 7) is 3.94. The normalized spacial score (nSPS) is 19.5. The molecule has 0 bridgehead atoms. The monoisotopic (exact) mass is 387 g/mol. The van der Waals surface area contributed by atoms with Crippen molar-refractivity contribution in [2.75, 3.05) is 36.0 Å². The minimum absolute atomic E-state index is 0.320. The Morgan fingerprint density at radius 2 is 1.55 bits per heavy atom. The predicted octanol–water partition coefficient (Wildman–Crippen LogP) is 3.31. The van der Waals surface area contributed by atoms with Crippen LogP contribution in [-0.2, 0) is 0 Å². The van der Waals surface area contributed by atoms with Crippen LogP contribution >= 0.6 is 0 Å². The SMILES string of the molecule is c1cnc(N2CCC[C@@H](c3nc(N4CCCC4)ncc3-c3ccncc3)C2)nc1. The zero-order valence-corrected chi connectivity index (χ0v) is 16.5. The second-order valence-corrected chi connectivity index (χ2v) is 7.73. The van der Waals surface area contributed by atoms with Crippen molar-refractivity contribution >= 4 is 11.9 Å². The van der Waals surface area contributed by atoms with Gasteiger partial charge in [-0.3, -0.25) is 4.98 Å². The molecule has 3 aromatic rings. The Morgan fingerprint density at radius 3 is 2.34 bits per heavy atom. The third kappa shape index (κ3) is 3.77. The van der Waals surface area contributed by atoms with Gasteiger partial charge in [-0.15, -0.1) is 0 Å². The molecule has 7 nitrogen and oxygen atoms in total. The highest BCUT2D eigenvalue weighted by Crippen LogP contribution is 2.35. The minimum Gasteiger partial charge on any atom is -0.341 e. The molecule has 2 aliphatic rings. The molecule has 7 heteroatoms. The highest BCUT2D eigenvalue weighted by molar-refractivity contribution is 5.66. The van der Waals surface area contributed by atoms with Crippen LogP contribution in [0.1, 0.15) is 37.3 Å². The molecule has 2 fully saturated rings. The smallest absolute Gasteiger partial charge is 0.225 e. The molecule has 0 radical (unpaired) electrons. The Balaban J connectivity index is 1.51. The van der Waals surface area contributed by atoms with Gasteiger partial charge in [0.1, 0.15) is 0 Å². The van der Waals surface area contributed by atoms with Crippen molar-refractivity contribution in [2.45, 2.75) is 31.6 Å². The standard InChI is InChI=1S/C22H25N7/c1-2-13-28(12-1)22-26-15-19(17-6-10-23-11-7-17)20(27-22)18-5-3-14-29(16-18)21-24-8-4-9-25-21/h4,6-11,15,18H,1-3,5,12-14,16H2/t18-/m1/s1. The average Bonchev–Trinajstić information content (AvgIpc) is 3.35. The average molecular weight is 387 g/mol. The number of rotatable bonds is 4. The predicted molar refractivity (Wildman–Crippen MR) is 113 cm³/mol. The third-order valence-electron chi connectivity index (χ3n) is 5.83. The molecule has 0 N–H and O–H groups in total. The van der Waals surface area contributed by atoms with Crippen molar-refractivity contribution in [1.29, 1.82) is 0 Å². The zero-order valence-electron chi connectivity index (χ0n) is 16.5.